The van der Waals surface area contributed by atoms with Crippen molar-refractivity contribution in [1.29, 1.82) is 0 Å². The van der Waals surface area contributed by atoms with Crippen molar-refractivity contribution in [2.24, 2.45) is 17.8 Å². The topological polar surface area (TPSA) is 35.6 Å². The molecule has 1 aromatic rings. The van der Waals surface area contributed by atoms with Crippen LogP contribution in [0.15, 0.2) is 24.3 Å². The predicted octanol–water partition coefficient (Wildman–Crippen LogP) is 3.20. The maximum Gasteiger partial charge on any atom is 0.234 e. The molecule has 4 saturated carbocycles. The van der Waals surface area contributed by atoms with Gasteiger partial charge in [-0.15, -0.1) is 0 Å². The minimum atomic E-state index is 0.148. The van der Waals surface area contributed by atoms with Crippen molar-refractivity contribution < 1.29 is 4.79 Å². The molecule has 0 spiro atoms. The Balaban J connectivity index is 1.14. The fourth-order valence-corrected chi connectivity index (χ4v) is 6.87. The molecule has 0 aromatic heterocycles. The van der Waals surface area contributed by atoms with Crippen LogP contribution < -0.4 is 10.2 Å². The molecular weight excluding hydrogens is 334 g/mol. The van der Waals surface area contributed by atoms with Crippen molar-refractivity contribution in [3.05, 3.63) is 29.8 Å². The van der Waals surface area contributed by atoms with Crippen LogP contribution in [0.4, 0.5) is 5.69 Å². The van der Waals surface area contributed by atoms with E-state index in [1.165, 1.54) is 49.8 Å². The zero-order chi connectivity index (χ0) is 18.4. The Kier molecular flexibility index (Phi) is 4.42. The highest BCUT2D eigenvalue weighted by molar-refractivity contribution is 5.79. The van der Waals surface area contributed by atoms with Gasteiger partial charge in [-0.25, -0.2) is 0 Å². The lowest BCUT2D eigenvalue weighted by atomic mass is 9.53. The van der Waals surface area contributed by atoms with Gasteiger partial charge in [-0.05, 0) is 74.8 Å². The molecule has 0 radical (unpaired) electrons. The van der Waals surface area contributed by atoms with Gasteiger partial charge in [0, 0.05) is 37.4 Å². The maximum absolute atomic E-state index is 12.8. The lowest BCUT2D eigenvalue weighted by Gasteiger charge is -2.57. The lowest BCUT2D eigenvalue weighted by Crippen LogP contribution is -2.61. The molecule has 0 unspecified atom stereocenters. The number of anilines is 1. The summed E-state index contributed by atoms with van der Waals surface area (Å²) in [5.41, 5.74) is 2.83. The van der Waals surface area contributed by atoms with Gasteiger partial charge in [-0.3, -0.25) is 9.69 Å². The molecule has 5 fully saturated rings. The number of benzene rings is 1. The largest absolute Gasteiger partial charge is 0.369 e. The van der Waals surface area contributed by atoms with Crippen molar-refractivity contribution in [2.45, 2.75) is 51.0 Å². The SMILES string of the molecule is Cc1ccccc1N1CCN(CC(=O)NC23CC4CC(CC(C4)C2)C3)CC1. The first-order valence-electron chi connectivity index (χ1n) is 10.9. The quantitative estimate of drug-likeness (QED) is 0.888. The molecule has 5 aliphatic rings. The van der Waals surface area contributed by atoms with Crippen LogP contribution in [0.1, 0.15) is 44.1 Å². The molecule has 1 aliphatic heterocycles. The van der Waals surface area contributed by atoms with E-state index in [1.807, 2.05) is 0 Å². The number of aryl methyl sites for hydroxylation is 1. The number of nitrogens with one attached hydrogen (secondary N) is 1. The number of piperazine rings is 1. The standard InChI is InChI=1S/C23H33N3O/c1-17-4-2-3-5-21(17)26-8-6-25(7-9-26)16-22(27)24-23-13-18-10-19(14-23)12-20(11-18)15-23/h2-5,18-20H,6-16H2,1H3,(H,24,27). The molecule has 6 rings (SSSR count). The van der Waals surface area contributed by atoms with E-state index in [1.54, 1.807) is 0 Å². The van der Waals surface area contributed by atoms with Crippen molar-refractivity contribution in [2.75, 3.05) is 37.6 Å². The molecule has 1 saturated heterocycles. The normalized spacial score (nSPS) is 35.4. The second-order valence-corrected chi connectivity index (χ2v) is 9.80. The van der Waals surface area contributed by atoms with Crippen LogP contribution in [0.2, 0.25) is 0 Å². The summed E-state index contributed by atoms with van der Waals surface area (Å²) in [6, 6.07) is 8.61. The van der Waals surface area contributed by atoms with E-state index in [4.69, 9.17) is 0 Å². The van der Waals surface area contributed by atoms with E-state index < -0.39 is 0 Å². The molecule has 4 heteroatoms. The Bertz CT molecular complexity index is 672. The van der Waals surface area contributed by atoms with Crippen LogP contribution in [0.5, 0.6) is 0 Å². The van der Waals surface area contributed by atoms with Gasteiger partial charge in [0.15, 0.2) is 0 Å². The molecular formula is C23H33N3O. The van der Waals surface area contributed by atoms with Crippen LogP contribution >= 0.6 is 0 Å². The van der Waals surface area contributed by atoms with Gasteiger partial charge in [0.2, 0.25) is 5.91 Å². The van der Waals surface area contributed by atoms with Gasteiger partial charge < -0.3 is 10.2 Å². The molecule has 1 N–H and O–H groups in total. The monoisotopic (exact) mass is 367 g/mol. The molecule has 1 aromatic carbocycles. The first-order chi connectivity index (χ1) is 13.1. The van der Waals surface area contributed by atoms with Crippen molar-refractivity contribution in [1.82, 2.24) is 10.2 Å². The van der Waals surface area contributed by atoms with Gasteiger partial charge in [-0.1, -0.05) is 18.2 Å². The third kappa shape index (κ3) is 3.49. The first kappa shape index (κ1) is 17.5. The zero-order valence-electron chi connectivity index (χ0n) is 16.6. The third-order valence-electron chi connectivity index (χ3n) is 7.64. The number of amides is 1. The van der Waals surface area contributed by atoms with E-state index in [9.17, 15) is 4.79 Å². The summed E-state index contributed by atoms with van der Waals surface area (Å²) in [6.45, 7) is 6.72. The van der Waals surface area contributed by atoms with E-state index in [2.05, 4.69) is 46.3 Å². The minimum absolute atomic E-state index is 0.148. The Hall–Kier alpha value is -1.55. The highest BCUT2D eigenvalue weighted by atomic mass is 16.2. The summed E-state index contributed by atoms with van der Waals surface area (Å²) in [5.74, 6) is 2.92. The highest BCUT2D eigenvalue weighted by Crippen LogP contribution is 2.55. The number of rotatable bonds is 4. The minimum Gasteiger partial charge on any atom is -0.369 e. The fraction of sp³-hybridized carbons (Fsp3) is 0.696. The summed E-state index contributed by atoms with van der Waals surface area (Å²) < 4.78 is 0. The smallest absolute Gasteiger partial charge is 0.234 e. The number of nitrogens with zero attached hydrogens (tertiary/aromatic N) is 2. The Morgan fingerprint density at radius 3 is 2.19 bits per heavy atom. The van der Waals surface area contributed by atoms with Crippen molar-refractivity contribution in [3.8, 4) is 0 Å². The summed E-state index contributed by atoms with van der Waals surface area (Å²) in [5, 5.41) is 3.53. The number of para-hydroxylation sites is 1. The molecule has 1 amide bonds. The van der Waals surface area contributed by atoms with E-state index in [-0.39, 0.29) is 11.4 Å². The van der Waals surface area contributed by atoms with E-state index in [0.29, 0.717) is 6.54 Å². The Labute approximate surface area is 163 Å². The Morgan fingerprint density at radius 2 is 1.59 bits per heavy atom. The predicted molar refractivity (Wildman–Crippen MR) is 109 cm³/mol. The average molecular weight is 368 g/mol. The van der Waals surface area contributed by atoms with Crippen LogP contribution in [0, 0.1) is 24.7 Å². The number of hydrogen-bond acceptors (Lipinski definition) is 3. The molecule has 146 valence electrons. The second kappa shape index (κ2) is 6.80. The Morgan fingerprint density at radius 1 is 1.00 bits per heavy atom. The van der Waals surface area contributed by atoms with Crippen LogP contribution in [-0.4, -0.2) is 49.1 Å². The van der Waals surface area contributed by atoms with Crippen LogP contribution in [0.3, 0.4) is 0 Å². The summed E-state index contributed by atoms with van der Waals surface area (Å²) >= 11 is 0. The van der Waals surface area contributed by atoms with Gasteiger partial charge in [-0.2, -0.15) is 0 Å². The third-order valence-corrected chi connectivity index (χ3v) is 7.64. The van der Waals surface area contributed by atoms with Gasteiger partial charge in [0.1, 0.15) is 0 Å². The lowest BCUT2D eigenvalue weighted by molar-refractivity contribution is -0.128. The highest BCUT2D eigenvalue weighted by Gasteiger charge is 2.51. The van der Waals surface area contributed by atoms with Gasteiger partial charge >= 0.3 is 0 Å². The van der Waals surface area contributed by atoms with Gasteiger partial charge in [0.25, 0.3) is 0 Å². The van der Waals surface area contributed by atoms with E-state index >= 15 is 0 Å². The number of hydrogen-bond donors (Lipinski definition) is 1. The molecule has 0 atom stereocenters. The summed E-state index contributed by atoms with van der Waals surface area (Å²) in [6.07, 6.45) is 8.01. The summed E-state index contributed by atoms with van der Waals surface area (Å²) in [7, 11) is 0. The first-order valence-corrected chi connectivity index (χ1v) is 10.9. The number of carbonyl (C=O) groups excluding carboxylic acids is 1. The average Bonchev–Trinajstić information content (AvgIpc) is 2.61. The van der Waals surface area contributed by atoms with Crippen LogP contribution in [-0.2, 0) is 4.79 Å². The van der Waals surface area contributed by atoms with Crippen molar-refractivity contribution in [3.63, 3.8) is 0 Å². The number of carbonyl (C=O) groups is 1. The molecule has 27 heavy (non-hydrogen) atoms. The fourth-order valence-electron chi connectivity index (χ4n) is 6.87. The second-order valence-electron chi connectivity index (χ2n) is 9.80. The van der Waals surface area contributed by atoms with Crippen LogP contribution in [0.25, 0.3) is 0 Å². The summed E-state index contributed by atoms with van der Waals surface area (Å²) in [4.78, 5) is 17.6. The molecule has 4 aliphatic carbocycles. The maximum atomic E-state index is 12.8. The molecule has 1 heterocycles. The molecule has 4 nitrogen and oxygen atoms in total. The zero-order valence-corrected chi connectivity index (χ0v) is 16.6. The molecule has 4 bridgehead atoms. The van der Waals surface area contributed by atoms with Gasteiger partial charge in [0.05, 0.1) is 6.54 Å². The van der Waals surface area contributed by atoms with E-state index in [0.717, 1.165) is 43.9 Å². The van der Waals surface area contributed by atoms with Crippen molar-refractivity contribution >= 4 is 11.6 Å².